The van der Waals surface area contributed by atoms with Crippen molar-refractivity contribution in [2.75, 3.05) is 13.1 Å². The molecule has 0 unspecified atom stereocenters. The van der Waals surface area contributed by atoms with Crippen molar-refractivity contribution in [1.29, 1.82) is 0 Å². The molecule has 5 rings (SSSR count). The molecule has 0 radical (unpaired) electrons. The third-order valence-electron chi connectivity index (χ3n) is 6.24. The summed E-state index contributed by atoms with van der Waals surface area (Å²) in [5.74, 6) is -0.233. The maximum atomic E-state index is 13.0. The number of carbonyl (C=O) groups excluding carboxylic acids is 1. The zero-order chi connectivity index (χ0) is 20.7. The smallest absolute Gasteiger partial charge is 0.299 e. The predicted molar refractivity (Wildman–Crippen MR) is 120 cm³/mol. The van der Waals surface area contributed by atoms with Crippen LogP contribution in [0.3, 0.4) is 0 Å². The summed E-state index contributed by atoms with van der Waals surface area (Å²) in [6, 6.07) is 22.8. The van der Waals surface area contributed by atoms with E-state index < -0.39 is 0 Å². The van der Waals surface area contributed by atoms with Crippen LogP contribution in [0.2, 0.25) is 0 Å². The minimum Gasteiger partial charge on any atom is -0.299 e. The number of piperidine rings is 1. The Labute approximate surface area is 175 Å². The van der Waals surface area contributed by atoms with Crippen molar-refractivity contribution in [2.45, 2.75) is 32.4 Å². The van der Waals surface area contributed by atoms with Gasteiger partial charge in [0.05, 0.1) is 11.0 Å². The highest BCUT2D eigenvalue weighted by molar-refractivity contribution is 5.89. The highest BCUT2D eigenvalue weighted by Crippen LogP contribution is 2.27. The zero-order valence-corrected chi connectivity index (χ0v) is 17.1. The highest BCUT2D eigenvalue weighted by Gasteiger charge is 2.26. The molecule has 0 saturated carbocycles. The van der Waals surface area contributed by atoms with Crippen LogP contribution < -0.4 is 5.69 Å². The molecule has 152 valence electrons. The Balaban J connectivity index is 1.35. The van der Waals surface area contributed by atoms with Gasteiger partial charge in [-0.05, 0) is 47.4 Å². The quantitative estimate of drug-likeness (QED) is 0.511. The van der Waals surface area contributed by atoms with Gasteiger partial charge < -0.3 is 0 Å². The van der Waals surface area contributed by atoms with Gasteiger partial charge in [0.15, 0.2) is 0 Å². The molecule has 5 heteroatoms. The molecule has 0 spiro atoms. The first-order chi connectivity index (χ1) is 14.6. The second-order valence-corrected chi connectivity index (χ2v) is 8.18. The molecule has 4 aromatic rings. The number of hydrogen-bond acceptors (Lipinski definition) is 3. The van der Waals surface area contributed by atoms with Crippen LogP contribution in [0.15, 0.2) is 71.5 Å². The summed E-state index contributed by atoms with van der Waals surface area (Å²) in [6.07, 6.45) is 1.80. The van der Waals surface area contributed by atoms with Crippen molar-refractivity contribution in [3.63, 3.8) is 0 Å². The molecule has 0 aliphatic carbocycles. The van der Waals surface area contributed by atoms with Gasteiger partial charge >= 0.3 is 5.69 Å². The zero-order valence-electron chi connectivity index (χ0n) is 17.1. The Hall–Kier alpha value is -3.18. The minimum absolute atomic E-state index is 0.121. The van der Waals surface area contributed by atoms with E-state index in [2.05, 4.69) is 47.4 Å². The van der Waals surface area contributed by atoms with Crippen molar-refractivity contribution in [2.24, 2.45) is 0 Å². The summed E-state index contributed by atoms with van der Waals surface area (Å²) in [7, 11) is 0. The lowest BCUT2D eigenvalue weighted by molar-refractivity contribution is 0.0935. The van der Waals surface area contributed by atoms with Crippen LogP contribution in [0.5, 0.6) is 0 Å². The number of rotatable bonds is 3. The van der Waals surface area contributed by atoms with Crippen LogP contribution in [0.1, 0.15) is 36.2 Å². The van der Waals surface area contributed by atoms with Gasteiger partial charge in [-0.15, -0.1) is 0 Å². The number of carbonyl (C=O) groups is 1. The first-order valence-electron chi connectivity index (χ1n) is 10.5. The number of hydrogen-bond donors (Lipinski definition) is 0. The van der Waals surface area contributed by atoms with E-state index in [1.165, 1.54) is 27.8 Å². The number of aromatic nitrogens is 2. The third kappa shape index (κ3) is 3.25. The molecule has 5 nitrogen and oxygen atoms in total. The van der Waals surface area contributed by atoms with Crippen molar-refractivity contribution < 1.29 is 4.79 Å². The standard InChI is InChI=1S/C25H25N3O2/c1-18(29)27-23-8-4-5-9-24(23)28(25(27)30)22-12-14-26(15-13-22)17-19-10-11-20-6-2-3-7-21(20)16-19/h2-11,16,22H,12-15,17H2,1H3. The lowest BCUT2D eigenvalue weighted by Crippen LogP contribution is -2.38. The van der Waals surface area contributed by atoms with Crippen molar-refractivity contribution in [1.82, 2.24) is 14.0 Å². The number of fused-ring (bicyclic) bond motifs is 2. The van der Waals surface area contributed by atoms with Gasteiger partial charge in [0.1, 0.15) is 0 Å². The molecule has 0 N–H and O–H groups in total. The van der Waals surface area contributed by atoms with Gasteiger partial charge in [0.2, 0.25) is 5.91 Å². The number of benzene rings is 3. The first kappa shape index (κ1) is 18.8. The summed E-state index contributed by atoms with van der Waals surface area (Å²) in [5, 5.41) is 2.54. The van der Waals surface area contributed by atoms with Gasteiger partial charge in [0.25, 0.3) is 0 Å². The van der Waals surface area contributed by atoms with Crippen LogP contribution in [0.25, 0.3) is 21.8 Å². The van der Waals surface area contributed by atoms with E-state index in [4.69, 9.17) is 0 Å². The van der Waals surface area contributed by atoms with Crippen LogP contribution in [-0.4, -0.2) is 33.0 Å². The topological polar surface area (TPSA) is 47.2 Å². The Morgan fingerprint density at radius 3 is 2.30 bits per heavy atom. The van der Waals surface area contributed by atoms with E-state index in [9.17, 15) is 9.59 Å². The van der Waals surface area contributed by atoms with Crippen LogP contribution in [0, 0.1) is 0 Å². The normalized spacial score (nSPS) is 15.8. The maximum absolute atomic E-state index is 13.0. The molecule has 1 aromatic heterocycles. The number of imidazole rings is 1. The largest absolute Gasteiger partial charge is 0.336 e. The van der Waals surface area contributed by atoms with E-state index in [1.807, 2.05) is 28.8 Å². The van der Waals surface area contributed by atoms with Gasteiger partial charge in [-0.1, -0.05) is 48.5 Å². The van der Waals surface area contributed by atoms with E-state index in [-0.39, 0.29) is 17.6 Å². The van der Waals surface area contributed by atoms with Gasteiger partial charge in [-0.25, -0.2) is 9.36 Å². The van der Waals surface area contributed by atoms with E-state index in [1.54, 1.807) is 0 Å². The minimum atomic E-state index is -0.233. The van der Waals surface area contributed by atoms with Crippen LogP contribution >= 0.6 is 0 Å². The molecule has 0 atom stereocenters. The summed E-state index contributed by atoms with van der Waals surface area (Å²) in [6.45, 7) is 4.24. The highest BCUT2D eigenvalue weighted by atomic mass is 16.2. The van der Waals surface area contributed by atoms with E-state index >= 15 is 0 Å². The summed E-state index contributed by atoms with van der Waals surface area (Å²) in [4.78, 5) is 27.5. The Kier molecular flexibility index (Phi) is 4.75. The summed E-state index contributed by atoms with van der Waals surface area (Å²) in [5.41, 5.74) is 2.66. The monoisotopic (exact) mass is 399 g/mol. The van der Waals surface area contributed by atoms with Crippen molar-refractivity contribution in [3.8, 4) is 0 Å². The van der Waals surface area contributed by atoms with Crippen LogP contribution in [0.4, 0.5) is 0 Å². The van der Waals surface area contributed by atoms with Gasteiger partial charge in [-0.3, -0.25) is 14.3 Å². The SMILES string of the molecule is CC(=O)n1c(=O)n(C2CCN(Cc3ccc4ccccc4c3)CC2)c2ccccc21. The molecule has 1 saturated heterocycles. The van der Waals surface area contributed by atoms with Crippen molar-refractivity contribution >= 4 is 27.7 Å². The Bertz CT molecular complexity index is 1290. The average molecular weight is 399 g/mol. The van der Waals surface area contributed by atoms with E-state index in [0.717, 1.165) is 38.0 Å². The molecule has 1 fully saturated rings. The molecule has 1 aliphatic rings. The van der Waals surface area contributed by atoms with Gasteiger partial charge in [-0.2, -0.15) is 0 Å². The van der Waals surface area contributed by atoms with Crippen molar-refractivity contribution in [3.05, 3.63) is 82.8 Å². The Morgan fingerprint density at radius 2 is 1.57 bits per heavy atom. The first-order valence-corrected chi connectivity index (χ1v) is 10.5. The summed E-state index contributed by atoms with van der Waals surface area (Å²) >= 11 is 0. The molecule has 3 aromatic carbocycles. The fraction of sp³-hybridized carbons (Fsp3) is 0.280. The molecule has 30 heavy (non-hydrogen) atoms. The molecular formula is C25H25N3O2. The molecule has 0 amide bonds. The number of likely N-dealkylation sites (tertiary alicyclic amines) is 1. The Morgan fingerprint density at radius 1 is 0.900 bits per heavy atom. The lowest BCUT2D eigenvalue weighted by atomic mass is 10.0. The fourth-order valence-corrected chi connectivity index (χ4v) is 4.76. The second kappa shape index (κ2) is 7.58. The second-order valence-electron chi connectivity index (χ2n) is 8.18. The molecule has 0 bridgehead atoms. The predicted octanol–water partition coefficient (Wildman–Crippen LogP) is 4.45. The van der Waals surface area contributed by atoms with E-state index in [0.29, 0.717) is 5.52 Å². The number of para-hydroxylation sites is 2. The maximum Gasteiger partial charge on any atom is 0.336 e. The molecule has 1 aliphatic heterocycles. The average Bonchev–Trinajstić information content (AvgIpc) is 3.06. The van der Waals surface area contributed by atoms with Gasteiger partial charge in [0, 0.05) is 32.6 Å². The van der Waals surface area contributed by atoms with Crippen LogP contribution in [-0.2, 0) is 6.54 Å². The third-order valence-corrected chi connectivity index (χ3v) is 6.24. The molecular weight excluding hydrogens is 374 g/mol. The number of nitrogens with zero attached hydrogens (tertiary/aromatic N) is 3. The molecule has 2 heterocycles. The summed E-state index contributed by atoms with van der Waals surface area (Å²) < 4.78 is 3.14. The fourth-order valence-electron chi connectivity index (χ4n) is 4.76. The lowest BCUT2D eigenvalue weighted by Gasteiger charge is -2.32.